The molecule has 0 radical (unpaired) electrons. The first-order valence-corrected chi connectivity index (χ1v) is 8.52. The lowest BCUT2D eigenvalue weighted by Gasteiger charge is -2.16. The molecule has 0 fully saturated rings. The van der Waals surface area contributed by atoms with Crippen LogP contribution in [-0.2, 0) is 9.73 Å². The molecule has 1 aromatic carbocycles. The van der Waals surface area contributed by atoms with Gasteiger partial charge >= 0.3 is 0 Å². The average molecular weight is 345 g/mol. The smallest absolute Gasteiger partial charge is 0.224 e. The third-order valence-electron chi connectivity index (χ3n) is 2.85. The summed E-state index contributed by atoms with van der Waals surface area (Å²) in [6.45, 7) is 3.50. The highest BCUT2D eigenvalue weighted by Gasteiger charge is 2.19. The SMILES string of the molecule is CC(C)S(=N)(=O)c1ccccc1Nc1nc(Cl)ncc1Cl. The van der Waals surface area contributed by atoms with E-state index in [2.05, 4.69) is 15.3 Å². The first kappa shape index (κ1) is 16.0. The van der Waals surface area contributed by atoms with Gasteiger partial charge in [-0.05, 0) is 37.6 Å². The lowest BCUT2D eigenvalue weighted by molar-refractivity contribution is 0.667. The van der Waals surface area contributed by atoms with Gasteiger partial charge in [0.2, 0.25) is 5.28 Å². The van der Waals surface area contributed by atoms with Gasteiger partial charge in [-0.1, -0.05) is 23.7 Å². The minimum Gasteiger partial charge on any atom is -0.338 e. The second-order valence-corrected chi connectivity index (χ2v) is 7.94. The molecule has 2 N–H and O–H groups in total. The van der Waals surface area contributed by atoms with Crippen LogP contribution in [-0.4, -0.2) is 19.4 Å². The molecule has 0 amide bonds. The van der Waals surface area contributed by atoms with Gasteiger partial charge in [-0.3, -0.25) is 0 Å². The molecule has 0 saturated carbocycles. The van der Waals surface area contributed by atoms with E-state index in [9.17, 15) is 4.21 Å². The molecule has 0 aliphatic carbocycles. The van der Waals surface area contributed by atoms with Crippen molar-refractivity contribution in [3.63, 3.8) is 0 Å². The standard InChI is InChI=1S/C13H14Cl2N4OS/c1-8(2)21(16,20)11-6-4-3-5-10(11)18-12-9(14)7-17-13(15)19-12/h3-8,16H,1-2H3,(H,17,18,19). The zero-order chi connectivity index (χ0) is 15.6. The normalized spacial score (nSPS) is 14.0. The van der Waals surface area contributed by atoms with E-state index in [0.29, 0.717) is 16.4 Å². The number of hydrogen-bond acceptors (Lipinski definition) is 5. The van der Waals surface area contributed by atoms with Gasteiger partial charge in [0.25, 0.3) is 0 Å². The summed E-state index contributed by atoms with van der Waals surface area (Å²) >= 11 is 11.8. The van der Waals surface area contributed by atoms with E-state index in [1.54, 1.807) is 38.1 Å². The Morgan fingerprint density at radius 3 is 2.62 bits per heavy atom. The molecule has 0 aliphatic heterocycles. The molecule has 21 heavy (non-hydrogen) atoms. The van der Waals surface area contributed by atoms with Gasteiger partial charge in [-0.2, -0.15) is 4.98 Å². The fraction of sp³-hybridized carbons (Fsp3) is 0.231. The summed E-state index contributed by atoms with van der Waals surface area (Å²) < 4.78 is 20.7. The number of benzene rings is 1. The van der Waals surface area contributed by atoms with Crippen molar-refractivity contribution < 1.29 is 4.21 Å². The Morgan fingerprint density at radius 1 is 1.29 bits per heavy atom. The zero-order valence-corrected chi connectivity index (χ0v) is 13.8. The Morgan fingerprint density at radius 2 is 1.95 bits per heavy atom. The maximum atomic E-state index is 12.6. The number of rotatable bonds is 4. The van der Waals surface area contributed by atoms with Crippen LogP contribution in [0, 0.1) is 4.78 Å². The molecule has 1 heterocycles. The molecule has 1 atom stereocenters. The number of nitrogens with zero attached hydrogens (tertiary/aromatic N) is 2. The summed E-state index contributed by atoms with van der Waals surface area (Å²) in [6, 6.07) is 6.90. The van der Waals surface area contributed by atoms with Crippen molar-refractivity contribution in [3.8, 4) is 0 Å². The monoisotopic (exact) mass is 344 g/mol. The summed E-state index contributed by atoms with van der Waals surface area (Å²) in [5.41, 5.74) is 0.517. The van der Waals surface area contributed by atoms with E-state index in [1.165, 1.54) is 6.20 Å². The van der Waals surface area contributed by atoms with E-state index in [-0.39, 0.29) is 15.6 Å². The summed E-state index contributed by atoms with van der Waals surface area (Å²) in [7, 11) is -2.93. The third kappa shape index (κ3) is 3.45. The van der Waals surface area contributed by atoms with Crippen LogP contribution in [0.2, 0.25) is 10.3 Å². The fourth-order valence-corrected chi connectivity index (χ4v) is 3.16. The molecule has 1 aromatic heterocycles. The number of para-hydroxylation sites is 1. The molecule has 8 heteroatoms. The number of nitrogens with one attached hydrogen (secondary N) is 2. The molecule has 0 aliphatic rings. The van der Waals surface area contributed by atoms with Crippen LogP contribution in [0.5, 0.6) is 0 Å². The molecule has 0 spiro atoms. The van der Waals surface area contributed by atoms with Gasteiger partial charge in [0.15, 0.2) is 5.82 Å². The van der Waals surface area contributed by atoms with Crippen LogP contribution < -0.4 is 5.32 Å². The van der Waals surface area contributed by atoms with E-state index < -0.39 is 9.73 Å². The van der Waals surface area contributed by atoms with Crippen LogP contribution in [0.15, 0.2) is 35.4 Å². The van der Waals surface area contributed by atoms with Crippen molar-refractivity contribution >= 4 is 44.4 Å². The molecule has 112 valence electrons. The minimum atomic E-state index is -2.93. The van der Waals surface area contributed by atoms with Crippen molar-refractivity contribution in [2.24, 2.45) is 0 Å². The van der Waals surface area contributed by atoms with Gasteiger partial charge in [0, 0.05) is 5.25 Å². The summed E-state index contributed by atoms with van der Waals surface area (Å²) in [5.74, 6) is 0.308. The fourth-order valence-electron chi connectivity index (χ4n) is 1.65. The Kier molecular flexibility index (Phi) is 4.70. The van der Waals surface area contributed by atoms with Gasteiger partial charge in [0.05, 0.1) is 26.5 Å². The maximum absolute atomic E-state index is 12.6. The van der Waals surface area contributed by atoms with E-state index >= 15 is 0 Å². The van der Waals surface area contributed by atoms with Gasteiger partial charge in [0.1, 0.15) is 5.02 Å². The van der Waals surface area contributed by atoms with Crippen LogP contribution in [0.1, 0.15) is 13.8 Å². The lowest BCUT2D eigenvalue weighted by atomic mass is 10.3. The summed E-state index contributed by atoms with van der Waals surface area (Å²) in [6.07, 6.45) is 1.38. The van der Waals surface area contributed by atoms with Crippen molar-refractivity contribution in [3.05, 3.63) is 40.8 Å². The summed E-state index contributed by atoms with van der Waals surface area (Å²) in [5, 5.41) is 3.00. The van der Waals surface area contributed by atoms with E-state index in [1.807, 2.05) is 0 Å². The van der Waals surface area contributed by atoms with Crippen LogP contribution in [0.25, 0.3) is 0 Å². The average Bonchev–Trinajstić information content (AvgIpc) is 2.43. The highest BCUT2D eigenvalue weighted by atomic mass is 35.5. The number of aromatic nitrogens is 2. The number of anilines is 2. The Balaban J connectivity index is 2.49. The molecule has 0 bridgehead atoms. The Labute approximate surface area is 133 Å². The topological polar surface area (TPSA) is 78.7 Å². The first-order valence-electron chi connectivity index (χ1n) is 6.14. The molecular weight excluding hydrogens is 331 g/mol. The van der Waals surface area contributed by atoms with Crippen LogP contribution in [0.3, 0.4) is 0 Å². The Bertz CT molecular complexity index is 763. The van der Waals surface area contributed by atoms with Gasteiger partial charge in [-0.15, -0.1) is 0 Å². The van der Waals surface area contributed by atoms with Crippen LogP contribution >= 0.6 is 23.2 Å². The summed E-state index contributed by atoms with van der Waals surface area (Å²) in [4.78, 5) is 8.17. The van der Waals surface area contributed by atoms with Gasteiger partial charge in [-0.25, -0.2) is 14.0 Å². The molecule has 5 nitrogen and oxygen atoms in total. The van der Waals surface area contributed by atoms with Crippen molar-refractivity contribution in [2.45, 2.75) is 24.0 Å². The quantitative estimate of drug-likeness (QED) is 0.808. The highest BCUT2D eigenvalue weighted by Crippen LogP contribution is 2.30. The predicted octanol–water partition coefficient (Wildman–Crippen LogP) is 4.34. The number of halogens is 2. The highest BCUT2D eigenvalue weighted by molar-refractivity contribution is 7.93. The van der Waals surface area contributed by atoms with Crippen molar-refractivity contribution in [2.75, 3.05) is 5.32 Å². The largest absolute Gasteiger partial charge is 0.338 e. The maximum Gasteiger partial charge on any atom is 0.224 e. The molecule has 0 saturated heterocycles. The minimum absolute atomic E-state index is 0.0508. The number of hydrogen-bond donors (Lipinski definition) is 2. The van der Waals surface area contributed by atoms with Crippen LogP contribution in [0.4, 0.5) is 11.5 Å². The molecule has 1 unspecified atom stereocenters. The van der Waals surface area contributed by atoms with Gasteiger partial charge < -0.3 is 5.32 Å². The third-order valence-corrected chi connectivity index (χ3v) is 5.64. The predicted molar refractivity (Wildman–Crippen MR) is 86.0 cm³/mol. The second-order valence-electron chi connectivity index (χ2n) is 4.61. The van der Waals surface area contributed by atoms with E-state index in [4.69, 9.17) is 28.0 Å². The molecular formula is C13H14Cl2N4OS. The first-order chi connectivity index (χ1) is 9.82. The molecule has 2 aromatic rings. The van der Waals surface area contributed by atoms with Crippen molar-refractivity contribution in [1.82, 2.24) is 9.97 Å². The molecule has 2 rings (SSSR count). The van der Waals surface area contributed by atoms with Crippen molar-refractivity contribution in [1.29, 1.82) is 4.78 Å². The second kappa shape index (κ2) is 6.17. The van der Waals surface area contributed by atoms with E-state index in [0.717, 1.165) is 0 Å². The lowest BCUT2D eigenvalue weighted by Crippen LogP contribution is -2.14. The zero-order valence-electron chi connectivity index (χ0n) is 11.4. The Hall–Kier alpha value is -1.37.